The van der Waals surface area contributed by atoms with E-state index in [4.69, 9.17) is 5.73 Å². The molecule has 0 aromatic heterocycles. The van der Waals surface area contributed by atoms with Gasteiger partial charge in [0.05, 0.1) is 0 Å². The molecule has 2 rings (SSSR count). The minimum absolute atomic E-state index is 0.167. The average Bonchev–Trinajstić information content (AvgIpc) is 2.28. The van der Waals surface area contributed by atoms with Crippen LogP contribution in [0.4, 0.5) is 0 Å². The Bertz CT molecular complexity index is 354. The highest BCUT2D eigenvalue weighted by Gasteiger charge is 2.24. The van der Waals surface area contributed by atoms with Crippen molar-refractivity contribution in [3.05, 3.63) is 34.3 Å². The molecule has 0 aliphatic carbocycles. The molecule has 3 heteroatoms. The van der Waals surface area contributed by atoms with Crippen molar-refractivity contribution in [3.8, 4) is 0 Å². The van der Waals surface area contributed by atoms with Gasteiger partial charge in [-0.15, -0.1) is 0 Å². The van der Waals surface area contributed by atoms with E-state index in [0.717, 1.165) is 11.0 Å². The Hall–Kier alpha value is -0.380. The van der Waals surface area contributed by atoms with E-state index < -0.39 is 0 Å². The molecule has 0 radical (unpaired) electrons. The van der Waals surface area contributed by atoms with Gasteiger partial charge in [0.15, 0.2) is 0 Å². The van der Waals surface area contributed by atoms with Gasteiger partial charge in [-0.1, -0.05) is 28.1 Å². The lowest BCUT2D eigenvalue weighted by atomic mass is 9.87. The van der Waals surface area contributed by atoms with Crippen LogP contribution in [0.1, 0.15) is 24.4 Å². The van der Waals surface area contributed by atoms with Gasteiger partial charge in [-0.25, -0.2) is 0 Å². The molecule has 0 spiro atoms. The highest BCUT2D eigenvalue weighted by Crippen LogP contribution is 2.28. The Morgan fingerprint density at radius 2 is 2.31 bits per heavy atom. The number of hydrogen-bond donors (Lipinski definition) is 1. The van der Waals surface area contributed by atoms with Crippen molar-refractivity contribution in [2.75, 3.05) is 20.1 Å². The minimum atomic E-state index is 0.167. The van der Waals surface area contributed by atoms with Crippen LogP contribution in [0.15, 0.2) is 28.7 Å². The molecule has 0 bridgehead atoms. The molecule has 1 saturated heterocycles. The van der Waals surface area contributed by atoms with Crippen LogP contribution in [-0.4, -0.2) is 25.0 Å². The van der Waals surface area contributed by atoms with Crippen LogP contribution in [0, 0.1) is 5.92 Å². The summed E-state index contributed by atoms with van der Waals surface area (Å²) in [6.07, 6.45) is 2.51. The summed E-state index contributed by atoms with van der Waals surface area (Å²) < 4.78 is 1.12. The van der Waals surface area contributed by atoms with Gasteiger partial charge >= 0.3 is 0 Å². The SMILES string of the molecule is CN1CCCC(C(N)c2cccc(Br)c2)C1. The Balaban J connectivity index is 2.09. The molecule has 1 aliphatic heterocycles. The molecule has 0 amide bonds. The molecule has 2 nitrogen and oxygen atoms in total. The Labute approximate surface area is 106 Å². The van der Waals surface area contributed by atoms with Gasteiger partial charge < -0.3 is 10.6 Å². The molecule has 0 saturated carbocycles. The first-order valence-corrected chi connectivity index (χ1v) is 6.65. The summed E-state index contributed by atoms with van der Waals surface area (Å²) in [6, 6.07) is 8.54. The standard InChI is InChI=1S/C13H19BrN2/c1-16-7-3-5-11(9-16)13(15)10-4-2-6-12(14)8-10/h2,4,6,8,11,13H,3,5,7,9,15H2,1H3. The van der Waals surface area contributed by atoms with Crippen LogP contribution in [0.2, 0.25) is 0 Å². The molecular weight excluding hydrogens is 264 g/mol. The second-order valence-electron chi connectivity index (χ2n) is 4.75. The van der Waals surface area contributed by atoms with E-state index in [-0.39, 0.29) is 6.04 Å². The molecular formula is C13H19BrN2. The third-order valence-electron chi connectivity index (χ3n) is 3.40. The van der Waals surface area contributed by atoms with Crippen LogP contribution < -0.4 is 5.73 Å². The van der Waals surface area contributed by atoms with Gasteiger partial charge in [0.1, 0.15) is 0 Å². The van der Waals surface area contributed by atoms with Crippen molar-refractivity contribution in [3.63, 3.8) is 0 Å². The Kier molecular flexibility index (Phi) is 4.00. The predicted octanol–water partition coefficient (Wildman–Crippen LogP) is 2.79. The second kappa shape index (κ2) is 5.30. The molecule has 16 heavy (non-hydrogen) atoms. The number of benzene rings is 1. The van der Waals surface area contributed by atoms with E-state index in [1.54, 1.807) is 0 Å². The first-order valence-electron chi connectivity index (χ1n) is 5.86. The third-order valence-corrected chi connectivity index (χ3v) is 3.90. The quantitative estimate of drug-likeness (QED) is 0.904. The van der Waals surface area contributed by atoms with E-state index in [1.165, 1.54) is 24.9 Å². The minimum Gasteiger partial charge on any atom is -0.324 e. The molecule has 1 fully saturated rings. The Morgan fingerprint density at radius 1 is 1.50 bits per heavy atom. The molecule has 1 heterocycles. The number of rotatable bonds is 2. The van der Waals surface area contributed by atoms with Gasteiger partial charge in [-0.05, 0) is 50.0 Å². The van der Waals surface area contributed by atoms with Crippen LogP contribution >= 0.6 is 15.9 Å². The molecule has 2 atom stereocenters. The van der Waals surface area contributed by atoms with Crippen molar-refractivity contribution < 1.29 is 0 Å². The van der Waals surface area contributed by atoms with E-state index in [9.17, 15) is 0 Å². The van der Waals surface area contributed by atoms with Crippen molar-refractivity contribution in [2.24, 2.45) is 11.7 Å². The molecule has 1 aromatic carbocycles. The first-order chi connectivity index (χ1) is 7.66. The van der Waals surface area contributed by atoms with Gasteiger partial charge in [-0.2, -0.15) is 0 Å². The molecule has 88 valence electrons. The fourth-order valence-corrected chi connectivity index (χ4v) is 2.90. The monoisotopic (exact) mass is 282 g/mol. The maximum atomic E-state index is 6.35. The third kappa shape index (κ3) is 2.84. The highest BCUT2D eigenvalue weighted by molar-refractivity contribution is 9.10. The summed E-state index contributed by atoms with van der Waals surface area (Å²) in [6.45, 7) is 2.33. The fraction of sp³-hybridized carbons (Fsp3) is 0.538. The van der Waals surface area contributed by atoms with Gasteiger partial charge in [0.25, 0.3) is 0 Å². The maximum absolute atomic E-state index is 6.35. The van der Waals surface area contributed by atoms with Crippen molar-refractivity contribution >= 4 is 15.9 Å². The number of halogens is 1. The molecule has 2 unspecified atom stereocenters. The molecule has 1 aliphatic rings. The summed E-state index contributed by atoms with van der Waals surface area (Å²) in [5, 5.41) is 0. The zero-order chi connectivity index (χ0) is 11.5. The lowest BCUT2D eigenvalue weighted by Crippen LogP contribution is -2.37. The van der Waals surface area contributed by atoms with Crippen molar-refractivity contribution in [1.29, 1.82) is 0 Å². The van der Waals surface area contributed by atoms with Gasteiger partial charge in [-0.3, -0.25) is 0 Å². The summed E-state index contributed by atoms with van der Waals surface area (Å²) in [7, 11) is 2.18. The number of hydrogen-bond acceptors (Lipinski definition) is 2. The Morgan fingerprint density at radius 3 is 3.00 bits per heavy atom. The zero-order valence-electron chi connectivity index (χ0n) is 9.70. The summed E-state index contributed by atoms with van der Waals surface area (Å²) in [5.41, 5.74) is 7.60. The number of piperidine rings is 1. The lowest BCUT2D eigenvalue weighted by molar-refractivity contribution is 0.188. The maximum Gasteiger partial charge on any atom is 0.0336 e. The first kappa shape index (κ1) is 12.1. The predicted molar refractivity (Wildman–Crippen MR) is 71.3 cm³/mol. The van der Waals surface area contributed by atoms with E-state index in [0.29, 0.717) is 5.92 Å². The van der Waals surface area contributed by atoms with Crippen LogP contribution in [0.25, 0.3) is 0 Å². The van der Waals surface area contributed by atoms with E-state index in [1.807, 2.05) is 6.07 Å². The summed E-state index contributed by atoms with van der Waals surface area (Å²) in [5.74, 6) is 0.591. The van der Waals surface area contributed by atoms with Crippen molar-refractivity contribution in [1.82, 2.24) is 4.90 Å². The number of nitrogens with two attached hydrogens (primary N) is 1. The summed E-state index contributed by atoms with van der Waals surface area (Å²) in [4.78, 5) is 2.38. The number of nitrogens with zero attached hydrogens (tertiary/aromatic N) is 1. The van der Waals surface area contributed by atoms with Gasteiger partial charge in [0, 0.05) is 17.1 Å². The van der Waals surface area contributed by atoms with E-state index in [2.05, 4.69) is 46.1 Å². The van der Waals surface area contributed by atoms with Gasteiger partial charge in [0.2, 0.25) is 0 Å². The van der Waals surface area contributed by atoms with Crippen LogP contribution in [-0.2, 0) is 0 Å². The van der Waals surface area contributed by atoms with Crippen LogP contribution in [0.5, 0.6) is 0 Å². The topological polar surface area (TPSA) is 29.3 Å². The zero-order valence-corrected chi connectivity index (χ0v) is 11.3. The van der Waals surface area contributed by atoms with E-state index >= 15 is 0 Å². The molecule has 1 aromatic rings. The normalized spacial score (nSPS) is 24.3. The fourth-order valence-electron chi connectivity index (χ4n) is 2.49. The average molecular weight is 283 g/mol. The smallest absolute Gasteiger partial charge is 0.0336 e. The van der Waals surface area contributed by atoms with Crippen LogP contribution in [0.3, 0.4) is 0 Å². The molecule has 2 N–H and O–H groups in total. The number of likely N-dealkylation sites (tertiary alicyclic amines) is 1. The highest BCUT2D eigenvalue weighted by atomic mass is 79.9. The second-order valence-corrected chi connectivity index (χ2v) is 5.66. The summed E-state index contributed by atoms with van der Waals surface area (Å²) >= 11 is 3.50. The van der Waals surface area contributed by atoms with Crippen molar-refractivity contribution in [2.45, 2.75) is 18.9 Å². The lowest BCUT2D eigenvalue weighted by Gasteiger charge is -2.33. The largest absolute Gasteiger partial charge is 0.324 e.